The van der Waals surface area contributed by atoms with Crippen molar-refractivity contribution in [3.8, 4) is 0 Å². The SMILES string of the molecule is Cc1cccc(N)c1N1CC(C)OC(C)(C)C1. The molecule has 94 valence electrons. The molecule has 1 aromatic rings. The number of hydrogen-bond donors (Lipinski definition) is 1. The Morgan fingerprint density at radius 1 is 1.41 bits per heavy atom. The molecule has 0 spiro atoms. The Balaban J connectivity index is 2.33. The molecule has 1 aliphatic rings. The van der Waals surface area contributed by atoms with Crippen molar-refractivity contribution in [1.82, 2.24) is 0 Å². The van der Waals surface area contributed by atoms with Crippen molar-refractivity contribution in [1.29, 1.82) is 0 Å². The van der Waals surface area contributed by atoms with E-state index in [0.29, 0.717) is 0 Å². The number of para-hydroxylation sites is 1. The average Bonchev–Trinajstić information content (AvgIpc) is 2.13. The molecule has 0 aliphatic carbocycles. The first kappa shape index (κ1) is 12.2. The molecular formula is C14H22N2O. The van der Waals surface area contributed by atoms with Crippen molar-refractivity contribution in [2.45, 2.75) is 39.4 Å². The van der Waals surface area contributed by atoms with Crippen LogP contribution in [0.25, 0.3) is 0 Å². The zero-order valence-electron chi connectivity index (χ0n) is 11.2. The van der Waals surface area contributed by atoms with Crippen LogP contribution in [0.4, 0.5) is 11.4 Å². The number of rotatable bonds is 1. The predicted molar refractivity (Wildman–Crippen MR) is 72.4 cm³/mol. The summed E-state index contributed by atoms with van der Waals surface area (Å²) in [7, 11) is 0. The van der Waals surface area contributed by atoms with Gasteiger partial charge in [-0.1, -0.05) is 12.1 Å². The minimum absolute atomic E-state index is 0.119. The van der Waals surface area contributed by atoms with Crippen LogP contribution in [0, 0.1) is 6.92 Å². The fourth-order valence-corrected chi connectivity index (χ4v) is 2.74. The lowest BCUT2D eigenvalue weighted by Gasteiger charge is -2.43. The second kappa shape index (κ2) is 4.22. The number of hydrogen-bond acceptors (Lipinski definition) is 3. The summed E-state index contributed by atoms with van der Waals surface area (Å²) < 4.78 is 5.92. The molecule has 0 aromatic heterocycles. The van der Waals surface area contributed by atoms with Crippen LogP contribution >= 0.6 is 0 Å². The van der Waals surface area contributed by atoms with Crippen molar-refractivity contribution >= 4 is 11.4 Å². The standard InChI is InChI=1S/C14H22N2O/c1-10-6-5-7-12(15)13(10)16-8-11(2)17-14(3,4)9-16/h5-7,11H,8-9,15H2,1-4H3. The van der Waals surface area contributed by atoms with Crippen LogP contribution in [0.15, 0.2) is 18.2 Å². The van der Waals surface area contributed by atoms with E-state index < -0.39 is 0 Å². The number of aryl methyl sites for hydroxylation is 1. The maximum absolute atomic E-state index is 6.10. The van der Waals surface area contributed by atoms with Gasteiger partial charge in [0.15, 0.2) is 0 Å². The first-order valence-electron chi connectivity index (χ1n) is 6.17. The largest absolute Gasteiger partial charge is 0.397 e. The van der Waals surface area contributed by atoms with Crippen molar-refractivity contribution in [3.05, 3.63) is 23.8 Å². The smallest absolute Gasteiger partial charge is 0.0805 e. The lowest BCUT2D eigenvalue weighted by molar-refractivity contribution is -0.0749. The van der Waals surface area contributed by atoms with Gasteiger partial charge in [-0.2, -0.15) is 0 Å². The van der Waals surface area contributed by atoms with Crippen LogP contribution < -0.4 is 10.6 Å². The highest BCUT2D eigenvalue weighted by atomic mass is 16.5. The second-order valence-corrected chi connectivity index (χ2v) is 5.58. The predicted octanol–water partition coefficient (Wildman–Crippen LogP) is 2.58. The Labute approximate surface area is 104 Å². The molecule has 0 saturated carbocycles. The molecule has 1 atom stereocenters. The van der Waals surface area contributed by atoms with Gasteiger partial charge in [-0.3, -0.25) is 0 Å². The summed E-state index contributed by atoms with van der Waals surface area (Å²) >= 11 is 0. The van der Waals surface area contributed by atoms with Gasteiger partial charge in [0.25, 0.3) is 0 Å². The number of anilines is 2. The summed E-state index contributed by atoms with van der Waals surface area (Å²) in [6.07, 6.45) is 0.234. The van der Waals surface area contributed by atoms with Crippen LogP contribution in [0.5, 0.6) is 0 Å². The molecule has 2 rings (SSSR count). The highest BCUT2D eigenvalue weighted by Gasteiger charge is 2.32. The number of nitrogen functional groups attached to an aromatic ring is 1. The van der Waals surface area contributed by atoms with Crippen molar-refractivity contribution in [2.75, 3.05) is 23.7 Å². The molecule has 1 aromatic carbocycles. The number of nitrogens with zero attached hydrogens (tertiary/aromatic N) is 1. The van der Waals surface area contributed by atoms with Crippen molar-refractivity contribution in [3.63, 3.8) is 0 Å². The highest BCUT2D eigenvalue weighted by Crippen LogP contribution is 2.32. The van der Waals surface area contributed by atoms with Crippen LogP contribution in [-0.2, 0) is 4.74 Å². The number of morpholine rings is 1. The number of nitrogens with two attached hydrogens (primary N) is 1. The summed E-state index contributed by atoms with van der Waals surface area (Å²) in [6.45, 7) is 10.3. The topological polar surface area (TPSA) is 38.5 Å². The zero-order valence-corrected chi connectivity index (χ0v) is 11.2. The van der Waals surface area contributed by atoms with Gasteiger partial charge in [0.2, 0.25) is 0 Å². The van der Waals surface area contributed by atoms with Crippen LogP contribution in [-0.4, -0.2) is 24.8 Å². The molecular weight excluding hydrogens is 212 g/mol. The minimum atomic E-state index is -0.119. The van der Waals surface area contributed by atoms with E-state index in [2.05, 4.69) is 38.7 Å². The third-order valence-corrected chi connectivity index (χ3v) is 3.15. The molecule has 1 fully saturated rings. The molecule has 1 saturated heterocycles. The van der Waals surface area contributed by atoms with E-state index in [-0.39, 0.29) is 11.7 Å². The van der Waals surface area contributed by atoms with E-state index >= 15 is 0 Å². The Hall–Kier alpha value is -1.22. The summed E-state index contributed by atoms with van der Waals surface area (Å²) in [5.74, 6) is 0. The Morgan fingerprint density at radius 3 is 2.71 bits per heavy atom. The van der Waals surface area contributed by atoms with Gasteiger partial charge in [-0.05, 0) is 39.3 Å². The first-order valence-corrected chi connectivity index (χ1v) is 6.17. The molecule has 0 bridgehead atoms. The Bertz CT molecular complexity index is 394. The summed E-state index contributed by atoms with van der Waals surface area (Å²) in [6, 6.07) is 6.08. The van der Waals surface area contributed by atoms with Gasteiger partial charge in [0.05, 0.1) is 23.1 Å². The summed E-state index contributed by atoms with van der Waals surface area (Å²) in [5.41, 5.74) is 9.24. The van der Waals surface area contributed by atoms with Gasteiger partial charge < -0.3 is 15.4 Å². The Morgan fingerprint density at radius 2 is 2.12 bits per heavy atom. The lowest BCUT2D eigenvalue weighted by Crippen LogP contribution is -2.52. The van der Waals surface area contributed by atoms with Gasteiger partial charge >= 0.3 is 0 Å². The van der Waals surface area contributed by atoms with Gasteiger partial charge in [0.1, 0.15) is 0 Å². The molecule has 17 heavy (non-hydrogen) atoms. The van der Waals surface area contributed by atoms with E-state index in [1.807, 2.05) is 12.1 Å². The molecule has 1 aliphatic heterocycles. The van der Waals surface area contributed by atoms with Crippen LogP contribution in [0.1, 0.15) is 26.3 Å². The monoisotopic (exact) mass is 234 g/mol. The molecule has 1 unspecified atom stereocenters. The van der Waals surface area contributed by atoms with Gasteiger partial charge in [-0.15, -0.1) is 0 Å². The normalized spacial score (nSPS) is 23.8. The fourth-order valence-electron chi connectivity index (χ4n) is 2.74. The molecule has 1 heterocycles. The zero-order chi connectivity index (χ0) is 12.6. The fraction of sp³-hybridized carbons (Fsp3) is 0.571. The first-order chi connectivity index (χ1) is 7.89. The van der Waals surface area contributed by atoms with Crippen LogP contribution in [0.3, 0.4) is 0 Å². The van der Waals surface area contributed by atoms with E-state index in [1.54, 1.807) is 0 Å². The lowest BCUT2D eigenvalue weighted by atomic mass is 10.0. The van der Waals surface area contributed by atoms with Gasteiger partial charge in [-0.25, -0.2) is 0 Å². The van der Waals surface area contributed by atoms with Gasteiger partial charge in [0, 0.05) is 13.1 Å². The highest BCUT2D eigenvalue weighted by molar-refractivity contribution is 5.71. The molecule has 0 amide bonds. The third-order valence-electron chi connectivity index (χ3n) is 3.15. The molecule has 3 heteroatoms. The summed E-state index contributed by atoms with van der Waals surface area (Å²) in [4.78, 5) is 2.35. The summed E-state index contributed by atoms with van der Waals surface area (Å²) in [5, 5.41) is 0. The quantitative estimate of drug-likeness (QED) is 0.759. The van der Waals surface area contributed by atoms with Crippen molar-refractivity contribution in [2.24, 2.45) is 0 Å². The minimum Gasteiger partial charge on any atom is -0.397 e. The third kappa shape index (κ3) is 2.55. The van der Waals surface area contributed by atoms with Crippen LogP contribution in [0.2, 0.25) is 0 Å². The Kier molecular flexibility index (Phi) is 3.04. The molecule has 3 nitrogen and oxygen atoms in total. The van der Waals surface area contributed by atoms with E-state index in [1.165, 1.54) is 5.56 Å². The second-order valence-electron chi connectivity index (χ2n) is 5.58. The molecule has 0 radical (unpaired) electrons. The van der Waals surface area contributed by atoms with Crippen molar-refractivity contribution < 1.29 is 4.74 Å². The number of ether oxygens (including phenoxy) is 1. The van der Waals surface area contributed by atoms with E-state index in [0.717, 1.165) is 24.5 Å². The number of benzene rings is 1. The maximum atomic E-state index is 6.10. The molecule has 2 N–H and O–H groups in total. The maximum Gasteiger partial charge on any atom is 0.0805 e. The van der Waals surface area contributed by atoms with E-state index in [9.17, 15) is 0 Å². The van der Waals surface area contributed by atoms with E-state index in [4.69, 9.17) is 10.5 Å². The average molecular weight is 234 g/mol.